The first-order valence-electron chi connectivity index (χ1n) is 13.5. The Bertz CT molecular complexity index is 521. The number of nitrogens with one attached hydrogen (secondary N) is 1. The van der Waals surface area contributed by atoms with Crippen LogP contribution in [0, 0.1) is 0 Å². The molecule has 0 aliphatic carbocycles. The summed E-state index contributed by atoms with van der Waals surface area (Å²) >= 11 is 0. The van der Waals surface area contributed by atoms with Gasteiger partial charge in [-0.15, -0.1) is 37.2 Å². The molecule has 0 aromatic rings. The molecule has 0 atom stereocenters. The van der Waals surface area contributed by atoms with Crippen molar-refractivity contribution in [1.82, 2.24) is 5.32 Å². The van der Waals surface area contributed by atoms with E-state index in [0.29, 0.717) is 26.1 Å². The zero-order valence-corrected chi connectivity index (χ0v) is 25.2. The maximum absolute atomic E-state index is 12.7. The van der Waals surface area contributed by atoms with Crippen LogP contribution >= 0.6 is 37.2 Å². The van der Waals surface area contributed by atoms with Crippen LogP contribution in [0.3, 0.4) is 0 Å². The highest BCUT2D eigenvalue weighted by molar-refractivity contribution is 5.86. The van der Waals surface area contributed by atoms with Crippen molar-refractivity contribution in [2.75, 3.05) is 19.6 Å². The van der Waals surface area contributed by atoms with Gasteiger partial charge >= 0.3 is 0 Å². The Kier molecular flexibility index (Phi) is 38.4. The average Bonchev–Trinajstić information content (AvgIpc) is 2.82. The Morgan fingerprint density at radius 3 is 1.56 bits per heavy atom. The second kappa shape index (κ2) is 32.5. The molecule has 0 spiro atoms. The van der Waals surface area contributed by atoms with E-state index in [2.05, 4.69) is 48.7 Å². The van der Waals surface area contributed by atoms with Crippen LogP contribution in [-0.2, 0) is 4.79 Å². The van der Waals surface area contributed by atoms with Crippen LogP contribution in [0.5, 0.6) is 0 Å². The van der Waals surface area contributed by atoms with E-state index in [1.54, 1.807) is 0 Å². The van der Waals surface area contributed by atoms with E-state index in [1.165, 1.54) is 25.7 Å². The fourth-order valence-electron chi connectivity index (χ4n) is 4.09. The smallest absolute Gasteiger partial charge is 0.220 e. The summed E-state index contributed by atoms with van der Waals surface area (Å²) in [5, 5.41) is 3.36. The number of allylic oxidation sites excluding steroid dienone is 6. The van der Waals surface area contributed by atoms with Crippen molar-refractivity contribution in [2.45, 2.75) is 115 Å². The fourth-order valence-corrected chi connectivity index (χ4v) is 4.09. The molecule has 1 amide bonds. The van der Waals surface area contributed by atoms with Gasteiger partial charge in [-0.05, 0) is 96.7 Å². The predicted octanol–water partition coefficient (Wildman–Crippen LogP) is 6.91. The van der Waals surface area contributed by atoms with E-state index in [0.717, 1.165) is 70.6 Å². The molecule has 8 heteroatoms. The number of amides is 1. The maximum atomic E-state index is 12.7. The Labute approximate surface area is 241 Å². The predicted molar refractivity (Wildman–Crippen MR) is 167 cm³/mol. The number of carbonyl (C=O) groups excluding carboxylic acids is 1. The van der Waals surface area contributed by atoms with Gasteiger partial charge in [0.05, 0.1) is 0 Å². The summed E-state index contributed by atoms with van der Waals surface area (Å²) < 4.78 is 0. The largest absolute Gasteiger partial charge is 0.351 e. The Morgan fingerprint density at radius 1 is 0.639 bits per heavy atom. The zero-order valence-electron chi connectivity index (χ0n) is 22.8. The standard InChI is InChI=1S/C28H54N4O.3ClH/c1-2-3-4-5-6-7-8-9-10-11-12-13-14-15-16-20-27(33)32-28(21-17-24-29,22-18-25-30)23-19-26-31;;;/h4-5,7-8,10-11H,2-3,6,9,12-26,29-31H2,1H3,(H,32,33);3*1H/b5-4-,8-7-,11-10-;;;. The van der Waals surface area contributed by atoms with Gasteiger partial charge in [0.15, 0.2) is 0 Å². The first-order valence-corrected chi connectivity index (χ1v) is 13.5. The molecule has 0 aromatic heterocycles. The number of unbranched alkanes of at least 4 members (excludes halogenated alkanes) is 5. The molecule has 7 N–H and O–H groups in total. The third-order valence-electron chi connectivity index (χ3n) is 6.01. The summed E-state index contributed by atoms with van der Waals surface area (Å²) in [6.45, 7) is 4.13. The summed E-state index contributed by atoms with van der Waals surface area (Å²) in [5.74, 6) is 0.164. The Hall–Kier alpha value is -0.560. The van der Waals surface area contributed by atoms with Crippen molar-refractivity contribution in [3.8, 4) is 0 Å². The number of carbonyl (C=O) groups is 1. The van der Waals surface area contributed by atoms with Crippen LogP contribution in [0.1, 0.15) is 110 Å². The minimum Gasteiger partial charge on any atom is -0.351 e. The van der Waals surface area contributed by atoms with Crippen molar-refractivity contribution < 1.29 is 4.79 Å². The van der Waals surface area contributed by atoms with Crippen molar-refractivity contribution in [3.63, 3.8) is 0 Å². The van der Waals surface area contributed by atoms with Gasteiger partial charge in [-0.1, -0.05) is 62.6 Å². The summed E-state index contributed by atoms with van der Waals surface area (Å²) in [5.41, 5.74) is 17.1. The Balaban J connectivity index is -0.00000171. The molecule has 0 saturated heterocycles. The number of hydrogen-bond donors (Lipinski definition) is 4. The maximum Gasteiger partial charge on any atom is 0.220 e. The summed E-state index contributed by atoms with van der Waals surface area (Å²) in [7, 11) is 0. The normalized spacial score (nSPS) is 11.4. The molecule has 0 fully saturated rings. The number of nitrogens with two attached hydrogens (primary N) is 3. The first kappa shape index (κ1) is 42.5. The Morgan fingerprint density at radius 2 is 1.08 bits per heavy atom. The molecule has 0 rings (SSSR count). The molecule has 216 valence electrons. The van der Waals surface area contributed by atoms with Gasteiger partial charge in [0.25, 0.3) is 0 Å². The highest BCUT2D eigenvalue weighted by Crippen LogP contribution is 2.25. The highest BCUT2D eigenvalue weighted by Gasteiger charge is 2.29. The van der Waals surface area contributed by atoms with E-state index in [9.17, 15) is 4.79 Å². The lowest BCUT2D eigenvalue weighted by Gasteiger charge is -2.35. The summed E-state index contributed by atoms with van der Waals surface area (Å²) in [6, 6.07) is 0. The fraction of sp³-hybridized carbons (Fsp3) is 0.750. The van der Waals surface area contributed by atoms with Crippen molar-refractivity contribution in [1.29, 1.82) is 0 Å². The lowest BCUT2D eigenvalue weighted by atomic mass is 9.83. The van der Waals surface area contributed by atoms with Crippen LogP contribution in [0.25, 0.3) is 0 Å². The molecular weight excluding hydrogens is 515 g/mol. The molecule has 36 heavy (non-hydrogen) atoms. The second-order valence-corrected chi connectivity index (χ2v) is 9.13. The highest BCUT2D eigenvalue weighted by atomic mass is 35.5. The van der Waals surface area contributed by atoms with Crippen LogP contribution in [0.2, 0.25) is 0 Å². The first-order chi connectivity index (χ1) is 16.1. The van der Waals surface area contributed by atoms with E-state index < -0.39 is 0 Å². The monoisotopic (exact) mass is 570 g/mol. The summed E-state index contributed by atoms with van der Waals surface area (Å²) in [6.07, 6.45) is 29.6. The van der Waals surface area contributed by atoms with Gasteiger partial charge in [0.2, 0.25) is 5.91 Å². The molecule has 0 unspecified atom stereocenters. The van der Waals surface area contributed by atoms with Crippen molar-refractivity contribution in [3.05, 3.63) is 36.5 Å². The number of hydrogen-bond acceptors (Lipinski definition) is 4. The van der Waals surface area contributed by atoms with E-state index in [1.807, 2.05) is 0 Å². The van der Waals surface area contributed by atoms with Gasteiger partial charge in [0, 0.05) is 12.0 Å². The quantitative estimate of drug-likeness (QED) is 0.0789. The third kappa shape index (κ3) is 26.5. The van der Waals surface area contributed by atoms with E-state index in [4.69, 9.17) is 17.2 Å². The topological polar surface area (TPSA) is 107 Å². The number of rotatable bonds is 23. The minimum atomic E-state index is -0.194. The number of halogens is 3. The molecular formula is C28H57Cl3N4O. The van der Waals surface area contributed by atoms with Gasteiger partial charge in [-0.3, -0.25) is 4.79 Å². The van der Waals surface area contributed by atoms with Gasteiger partial charge in [0.1, 0.15) is 0 Å². The van der Waals surface area contributed by atoms with Crippen molar-refractivity contribution >= 4 is 43.1 Å². The van der Waals surface area contributed by atoms with Gasteiger partial charge < -0.3 is 22.5 Å². The zero-order chi connectivity index (χ0) is 24.5. The second-order valence-electron chi connectivity index (χ2n) is 9.13. The third-order valence-corrected chi connectivity index (χ3v) is 6.01. The molecule has 0 aliphatic rings. The molecule has 5 nitrogen and oxygen atoms in total. The van der Waals surface area contributed by atoms with Gasteiger partial charge in [-0.2, -0.15) is 0 Å². The SMILES string of the molecule is CCC/C=C\C/C=C\C/C=C\CCCCCCC(=O)NC(CCCN)(CCCN)CCCN.Cl.Cl.Cl. The molecule has 0 bridgehead atoms. The van der Waals surface area contributed by atoms with E-state index >= 15 is 0 Å². The van der Waals surface area contributed by atoms with Crippen LogP contribution in [0.4, 0.5) is 0 Å². The minimum absolute atomic E-state index is 0. The average molecular weight is 572 g/mol. The molecule has 0 aromatic carbocycles. The van der Waals surface area contributed by atoms with Crippen LogP contribution in [0.15, 0.2) is 36.5 Å². The molecule has 0 aliphatic heterocycles. The molecule has 0 heterocycles. The summed E-state index contributed by atoms with van der Waals surface area (Å²) in [4.78, 5) is 12.7. The van der Waals surface area contributed by atoms with Crippen LogP contribution < -0.4 is 22.5 Å². The molecule has 0 saturated carbocycles. The van der Waals surface area contributed by atoms with Gasteiger partial charge in [-0.25, -0.2) is 0 Å². The van der Waals surface area contributed by atoms with Crippen LogP contribution in [-0.4, -0.2) is 31.1 Å². The van der Waals surface area contributed by atoms with E-state index in [-0.39, 0.29) is 48.7 Å². The lowest BCUT2D eigenvalue weighted by Crippen LogP contribution is -2.49. The molecule has 0 radical (unpaired) electrons. The van der Waals surface area contributed by atoms with Crippen molar-refractivity contribution in [2.24, 2.45) is 17.2 Å². The lowest BCUT2D eigenvalue weighted by molar-refractivity contribution is -0.123.